The fourth-order valence-corrected chi connectivity index (χ4v) is 2.21. The van der Waals surface area contributed by atoms with Gasteiger partial charge in [-0.3, -0.25) is 0 Å². The van der Waals surface area contributed by atoms with Crippen LogP contribution in [0, 0.1) is 0 Å². The Kier molecular flexibility index (Phi) is 2.86. The van der Waals surface area contributed by atoms with E-state index in [0.29, 0.717) is 16.9 Å². The van der Waals surface area contributed by atoms with E-state index >= 15 is 0 Å². The van der Waals surface area contributed by atoms with Gasteiger partial charge in [0.2, 0.25) is 10.0 Å². The number of aromatic amines is 1. The van der Waals surface area contributed by atoms with E-state index in [1.54, 1.807) is 12.3 Å². The maximum absolute atomic E-state index is 11.7. The van der Waals surface area contributed by atoms with E-state index in [-0.39, 0.29) is 4.90 Å². The lowest BCUT2D eigenvalue weighted by molar-refractivity contribution is 0.588. The van der Waals surface area contributed by atoms with Crippen molar-refractivity contribution in [3.8, 4) is 11.3 Å². The third kappa shape index (κ3) is 2.15. The first-order valence-electron chi connectivity index (χ1n) is 4.86. The molecular formula is C10H12N4O2S. The monoisotopic (exact) mass is 252 g/mol. The van der Waals surface area contributed by atoms with Gasteiger partial charge in [-0.25, -0.2) is 18.1 Å². The fourth-order valence-electron chi connectivity index (χ4n) is 1.46. The molecule has 17 heavy (non-hydrogen) atoms. The molecule has 0 amide bonds. The zero-order valence-electron chi connectivity index (χ0n) is 9.14. The predicted molar refractivity (Wildman–Crippen MR) is 64.7 cm³/mol. The molecule has 4 N–H and O–H groups in total. The Labute approximate surface area is 98.9 Å². The number of nitrogen functional groups attached to an aromatic ring is 1. The lowest BCUT2D eigenvalue weighted by Gasteiger charge is -2.07. The number of aromatic nitrogens is 2. The first-order valence-corrected chi connectivity index (χ1v) is 6.35. The van der Waals surface area contributed by atoms with Crippen LogP contribution in [0.25, 0.3) is 11.3 Å². The van der Waals surface area contributed by atoms with Gasteiger partial charge in [0.25, 0.3) is 0 Å². The molecule has 7 heteroatoms. The van der Waals surface area contributed by atoms with Gasteiger partial charge in [-0.1, -0.05) is 0 Å². The number of sulfonamides is 1. The molecule has 1 aromatic carbocycles. The number of benzene rings is 1. The second kappa shape index (κ2) is 4.19. The van der Waals surface area contributed by atoms with Gasteiger partial charge in [0, 0.05) is 11.3 Å². The third-order valence-corrected chi connectivity index (χ3v) is 3.80. The van der Waals surface area contributed by atoms with Crippen molar-refractivity contribution in [1.29, 1.82) is 0 Å². The van der Waals surface area contributed by atoms with Crippen LogP contribution in [-0.4, -0.2) is 25.4 Å². The molecule has 0 radical (unpaired) electrons. The van der Waals surface area contributed by atoms with Crippen LogP contribution in [0.2, 0.25) is 0 Å². The molecule has 0 aliphatic carbocycles. The molecule has 90 valence electrons. The molecule has 0 aliphatic heterocycles. The fraction of sp³-hybridized carbons (Fsp3) is 0.100. The summed E-state index contributed by atoms with van der Waals surface area (Å²) in [4.78, 5) is 6.93. The highest BCUT2D eigenvalue weighted by Crippen LogP contribution is 2.26. The first-order chi connectivity index (χ1) is 8.04. The number of hydrogen-bond donors (Lipinski definition) is 3. The quantitative estimate of drug-likeness (QED) is 0.695. The maximum Gasteiger partial charge on any atom is 0.240 e. The predicted octanol–water partition coefficient (Wildman–Crippen LogP) is 0.567. The molecule has 0 saturated heterocycles. The standard InChI is InChI=1S/C10H12N4O2S/c1-12-17(15,16)7-2-3-9(11)8(4-7)10-5-13-6-14-10/h2-6,12H,11H2,1H3,(H,13,14). The lowest BCUT2D eigenvalue weighted by atomic mass is 10.1. The number of nitrogens with one attached hydrogen (secondary N) is 2. The zero-order chi connectivity index (χ0) is 12.5. The summed E-state index contributed by atoms with van der Waals surface area (Å²) >= 11 is 0. The maximum atomic E-state index is 11.7. The first kappa shape index (κ1) is 11.6. The molecule has 0 fully saturated rings. The highest BCUT2D eigenvalue weighted by atomic mass is 32.2. The minimum absolute atomic E-state index is 0.166. The van der Waals surface area contributed by atoms with E-state index in [9.17, 15) is 8.42 Å². The Morgan fingerprint density at radius 3 is 2.76 bits per heavy atom. The average molecular weight is 252 g/mol. The number of hydrogen-bond acceptors (Lipinski definition) is 4. The smallest absolute Gasteiger partial charge is 0.240 e. The van der Waals surface area contributed by atoms with Gasteiger partial charge in [0.05, 0.1) is 23.1 Å². The summed E-state index contributed by atoms with van der Waals surface area (Å²) in [6.45, 7) is 0. The van der Waals surface area contributed by atoms with E-state index in [1.807, 2.05) is 0 Å². The molecule has 0 spiro atoms. The summed E-state index contributed by atoms with van der Waals surface area (Å²) in [5, 5.41) is 0. The Balaban J connectivity index is 2.59. The summed E-state index contributed by atoms with van der Waals surface area (Å²) in [7, 11) is -2.11. The number of nitrogens with zero attached hydrogens (tertiary/aromatic N) is 1. The van der Waals surface area contributed by atoms with Crippen LogP contribution in [0.3, 0.4) is 0 Å². The molecule has 6 nitrogen and oxygen atoms in total. The Hall–Kier alpha value is -1.86. The number of rotatable bonds is 3. The Bertz CT molecular complexity index is 620. The van der Waals surface area contributed by atoms with Gasteiger partial charge in [0.1, 0.15) is 0 Å². The van der Waals surface area contributed by atoms with Crippen LogP contribution in [-0.2, 0) is 10.0 Å². The van der Waals surface area contributed by atoms with Gasteiger partial charge in [-0.05, 0) is 25.2 Å². The number of anilines is 1. The average Bonchev–Trinajstić information content (AvgIpc) is 2.83. The van der Waals surface area contributed by atoms with Crippen LogP contribution < -0.4 is 10.5 Å². The van der Waals surface area contributed by atoms with E-state index in [2.05, 4.69) is 14.7 Å². The summed E-state index contributed by atoms with van der Waals surface area (Å²) < 4.78 is 25.6. The van der Waals surface area contributed by atoms with Gasteiger partial charge in [-0.2, -0.15) is 0 Å². The SMILES string of the molecule is CNS(=O)(=O)c1ccc(N)c(-c2cnc[nH]2)c1. The molecule has 1 aromatic heterocycles. The highest BCUT2D eigenvalue weighted by molar-refractivity contribution is 7.89. The van der Waals surface area contributed by atoms with Crippen molar-refractivity contribution in [3.05, 3.63) is 30.7 Å². The van der Waals surface area contributed by atoms with Gasteiger partial charge in [0.15, 0.2) is 0 Å². The molecule has 0 atom stereocenters. The molecule has 2 rings (SSSR count). The van der Waals surface area contributed by atoms with Gasteiger partial charge in [-0.15, -0.1) is 0 Å². The summed E-state index contributed by atoms with van der Waals surface area (Å²) in [6, 6.07) is 4.52. The van der Waals surface area contributed by atoms with Crippen molar-refractivity contribution >= 4 is 15.7 Å². The minimum Gasteiger partial charge on any atom is -0.398 e. The van der Waals surface area contributed by atoms with Crippen molar-refractivity contribution in [2.24, 2.45) is 0 Å². The lowest BCUT2D eigenvalue weighted by Crippen LogP contribution is -2.18. The topological polar surface area (TPSA) is 101 Å². The van der Waals surface area contributed by atoms with E-state index < -0.39 is 10.0 Å². The number of imidazole rings is 1. The van der Waals surface area contributed by atoms with Crippen molar-refractivity contribution in [2.75, 3.05) is 12.8 Å². The van der Waals surface area contributed by atoms with Crippen LogP contribution in [0.1, 0.15) is 0 Å². The number of nitrogens with two attached hydrogens (primary N) is 1. The van der Waals surface area contributed by atoms with Crippen molar-refractivity contribution < 1.29 is 8.42 Å². The van der Waals surface area contributed by atoms with Crippen molar-refractivity contribution in [1.82, 2.24) is 14.7 Å². The molecule has 2 aromatic rings. The minimum atomic E-state index is -3.47. The molecular weight excluding hydrogens is 240 g/mol. The second-order valence-electron chi connectivity index (χ2n) is 3.42. The van der Waals surface area contributed by atoms with Crippen molar-refractivity contribution in [3.63, 3.8) is 0 Å². The Morgan fingerprint density at radius 2 is 2.18 bits per heavy atom. The van der Waals surface area contributed by atoms with Crippen LogP contribution in [0.5, 0.6) is 0 Å². The zero-order valence-corrected chi connectivity index (χ0v) is 9.95. The third-order valence-electron chi connectivity index (χ3n) is 2.39. The molecule has 0 saturated carbocycles. The largest absolute Gasteiger partial charge is 0.398 e. The van der Waals surface area contributed by atoms with Crippen LogP contribution in [0.15, 0.2) is 35.6 Å². The summed E-state index contributed by atoms with van der Waals surface area (Å²) in [6.07, 6.45) is 3.09. The summed E-state index contributed by atoms with van der Waals surface area (Å²) in [5.74, 6) is 0. The second-order valence-corrected chi connectivity index (χ2v) is 5.31. The highest BCUT2D eigenvalue weighted by Gasteiger charge is 2.14. The van der Waals surface area contributed by atoms with Crippen LogP contribution >= 0.6 is 0 Å². The van der Waals surface area contributed by atoms with E-state index in [1.165, 1.54) is 25.5 Å². The Morgan fingerprint density at radius 1 is 1.41 bits per heavy atom. The van der Waals surface area contributed by atoms with E-state index in [0.717, 1.165) is 0 Å². The summed E-state index contributed by atoms with van der Waals surface area (Å²) in [5.41, 5.74) is 7.58. The molecule has 0 bridgehead atoms. The molecule has 0 aliphatic rings. The molecule has 0 unspecified atom stereocenters. The molecule has 1 heterocycles. The number of H-pyrrole nitrogens is 1. The van der Waals surface area contributed by atoms with Gasteiger partial charge < -0.3 is 10.7 Å². The van der Waals surface area contributed by atoms with Crippen molar-refractivity contribution in [2.45, 2.75) is 4.90 Å². The van der Waals surface area contributed by atoms with Gasteiger partial charge >= 0.3 is 0 Å². The van der Waals surface area contributed by atoms with Crippen LogP contribution in [0.4, 0.5) is 5.69 Å². The van der Waals surface area contributed by atoms with E-state index in [4.69, 9.17) is 5.73 Å². The normalized spacial score (nSPS) is 11.6.